The first kappa shape index (κ1) is 19.9. The summed E-state index contributed by atoms with van der Waals surface area (Å²) in [6.45, 7) is 5.98. The zero-order valence-corrected chi connectivity index (χ0v) is 17.0. The summed E-state index contributed by atoms with van der Waals surface area (Å²) in [5.41, 5.74) is 1.38. The molecule has 2 saturated heterocycles. The second kappa shape index (κ2) is 8.48. The summed E-state index contributed by atoms with van der Waals surface area (Å²) in [5, 5.41) is 0. The molecule has 0 N–H and O–H groups in total. The molecule has 0 bridgehead atoms. The summed E-state index contributed by atoms with van der Waals surface area (Å²) in [4.78, 5) is 16.8. The van der Waals surface area contributed by atoms with Crippen LogP contribution in [-0.4, -0.2) is 71.4 Å². The van der Waals surface area contributed by atoms with Crippen LogP contribution < -0.4 is 9.21 Å². The van der Waals surface area contributed by atoms with E-state index in [1.54, 1.807) is 11.0 Å². The minimum atomic E-state index is -3.60. The minimum absolute atomic E-state index is 0.135. The second-order valence-corrected chi connectivity index (χ2v) is 9.35. The predicted molar refractivity (Wildman–Crippen MR) is 107 cm³/mol. The number of morpholine rings is 1. The molecule has 0 aliphatic carbocycles. The Bertz CT molecular complexity index is 762. The van der Waals surface area contributed by atoms with Crippen molar-refractivity contribution < 1.29 is 17.9 Å². The lowest BCUT2D eigenvalue weighted by atomic mass is 10.0. The van der Waals surface area contributed by atoms with Crippen LogP contribution in [0, 0.1) is 5.92 Å². The summed E-state index contributed by atoms with van der Waals surface area (Å²) in [5.74, 6) is 0.318. The summed E-state index contributed by atoms with van der Waals surface area (Å²) in [7, 11) is -3.60. The summed E-state index contributed by atoms with van der Waals surface area (Å²) in [6.07, 6.45) is 3.24. The van der Waals surface area contributed by atoms with E-state index >= 15 is 0 Å². The molecule has 2 fully saturated rings. The van der Waals surface area contributed by atoms with Gasteiger partial charge in [-0.15, -0.1) is 0 Å². The maximum absolute atomic E-state index is 12.8. The van der Waals surface area contributed by atoms with Crippen molar-refractivity contribution in [2.75, 3.05) is 61.4 Å². The lowest BCUT2D eigenvalue weighted by molar-refractivity contribution is -0.131. The van der Waals surface area contributed by atoms with Gasteiger partial charge in [-0.05, 0) is 30.9 Å². The zero-order chi connectivity index (χ0) is 19.4. The number of rotatable bonds is 5. The van der Waals surface area contributed by atoms with Gasteiger partial charge in [-0.2, -0.15) is 0 Å². The molecule has 7 nitrogen and oxygen atoms in total. The first-order valence-electron chi connectivity index (χ1n) is 9.53. The highest BCUT2D eigenvalue weighted by atomic mass is 32.2. The van der Waals surface area contributed by atoms with Gasteiger partial charge in [-0.3, -0.25) is 9.10 Å². The van der Waals surface area contributed by atoms with E-state index in [0.29, 0.717) is 51.0 Å². The number of hydrogen-bond acceptors (Lipinski definition) is 5. The summed E-state index contributed by atoms with van der Waals surface area (Å²) >= 11 is 0. The first-order chi connectivity index (χ1) is 12.9. The monoisotopic (exact) mass is 395 g/mol. The lowest BCUT2D eigenvalue weighted by Crippen LogP contribution is -2.46. The van der Waals surface area contributed by atoms with Gasteiger partial charge < -0.3 is 14.5 Å². The van der Waals surface area contributed by atoms with Crippen LogP contribution in [0.5, 0.6) is 0 Å². The smallest absolute Gasteiger partial charge is 0.243 e. The van der Waals surface area contributed by atoms with Crippen molar-refractivity contribution in [1.82, 2.24) is 4.90 Å². The Kier molecular flexibility index (Phi) is 6.26. The lowest BCUT2D eigenvalue weighted by Gasteiger charge is -2.35. The third-order valence-corrected chi connectivity index (χ3v) is 6.32. The SMILES string of the molecule is CC1CCCN(C(=O)CN(c2ccccc2N2CCOCC2)S(C)(=O)=O)C1. The van der Waals surface area contributed by atoms with Crippen LogP contribution in [0.2, 0.25) is 0 Å². The van der Waals surface area contributed by atoms with E-state index in [2.05, 4.69) is 11.8 Å². The van der Waals surface area contributed by atoms with Crippen LogP contribution in [0.3, 0.4) is 0 Å². The standard InChI is InChI=1S/C19H29N3O4S/c1-16-6-5-9-21(14-16)19(23)15-22(27(2,24)25)18-8-4-3-7-17(18)20-10-12-26-13-11-20/h3-4,7-8,16H,5-6,9-15H2,1-2H3. The fraction of sp³-hybridized carbons (Fsp3) is 0.632. The van der Waals surface area contributed by atoms with Crippen molar-refractivity contribution >= 4 is 27.3 Å². The van der Waals surface area contributed by atoms with Gasteiger partial charge in [-0.25, -0.2) is 8.42 Å². The third-order valence-electron chi connectivity index (χ3n) is 5.19. The van der Waals surface area contributed by atoms with Crippen molar-refractivity contribution in [3.05, 3.63) is 24.3 Å². The molecule has 0 spiro atoms. The van der Waals surface area contributed by atoms with Crippen LogP contribution in [0.4, 0.5) is 11.4 Å². The number of carbonyl (C=O) groups excluding carboxylic acids is 1. The molecule has 8 heteroatoms. The Hall–Kier alpha value is -1.80. The number of benzene rings is 1. The molecule has 2 heterocycles. The fourth-order valence-corrected chi connectivity index (χ4v) is 4.62. The molecule has 150 valence electrons. The molecule has 27 heavy (non-hydrogen) atoms. The van der Waals surface area contributed by atoms with E-state index < -0.39 is 10.0 Å². The molecule has 1 aromatic rings. The van der Waals surface area contributed by atoms with Crippen molar-refractivity contribution in [3.63, 3.8) is 0 Å². The Balaban J connectivity index is 1.86. The Morgan fingerprint density at radius 2 is 1.93 bits per heavy atom. The Labute approximate surface area is 161 Å². The largest absolute Gasteiger partial charge is 0.378 e. The van der Waals surface area contributed by atoms with Crippen LogP contribution in [0.15, 0.2) is 24.3 Å². The van der Waals surface area contributed by atoms with Gasteiger partial charge in [0.1, 0.15) is 6.54 Å². The number of piperidine rings is 1. The normalized spacial score (nSPS) is 21.2. The number of carbonyl (C=O) groups is 1. The van der Waals surface area contributed by atoms with Crippen molar-refractivity contribution in [1.29, 1.82) is 0 Å². The van der Waals surface area contributed by atoms with Crippen LogP contribution in [-0.2, 0) is 19.6 Å². The third kappa shape index (κ3) is 4.93. The average Bonchev–Trinajstić information content (AvgIpc) is 2.66. The number of sulfonamides is 1. The molecule has 0 aromatic heterocycles. The van der Waals surface area contributed by atoms with Gasteiger partial charge in [0.15, 0.2) is 0 Å². The molecule has 1 aromatic carbocycles. The van der Waals surface area contributed by atoms with Gasteiger partial charge in [0.25, 0.3) is 0 Å². The van der Waals surface area contributed by atoms with E-state index in [4.69, 9.17) is 4.74 Å². The number of amides is 1. The van der Waals surface area contributed by atoms with Gasteiger partial charge in [-0.1, -0.05) is 19.1 Å². The molecule has 2 aliphatic heterocycles. The second-order valence-electron chi connectivity index (χ2n) is 7.44. The Morgan fingerprint density at radius 3 is 2.59 bits per heavy atom. The van der Waals surface area contributed by atoms with E-state index in [0.717, 1.165) is 24.8 Å². The fourth-order valence-electron chi connectivity index (χ4n) is 3.77. The van der Waals surface area contributed by atoms with Gasteiger partial charge in [0, 0.05) is 26.2 Å². The number of hydrogen-bond donors (Lipinski definition) is 0. The number of likely N-dealkylation sites (tertiary alicyclic amines) is 1. The van der Waals surface area contributed by atoms with Gasteiger partial charge >= 0.3 is 0 Å². The predicted octanol–water partition coefficient (Wildman–Crippen LogP) is 1.55. The number of para-hydroxylation sites is 2. The molecular weight excluding hydrogens is 366 g/mol. The van der Waals surface area contributed by atoms with E-state index in [1.807, 2.05) is 18.2 Å². The molecule has 0 saturated carbocycles. The number of anilines is 2. The molecule has 0 radical (unpaired) electrons. The van der Waals surface area contributed by atoms with E-state index in [-0.39, 0.29) is 12.5 Å². The quantitative estimate of drug-likeness (QED) is 0.757. The molecule has 1 amide bonds. The molecule has 1 atom stereocenters. The summed E-state index contributed by atoms with van der Waals surface area (Å²) < 4.78 is 31.8. The van der Waals surface area contributed by atoms with Gasteiger partial charge in [0.05, 0.1) is 30.8 Å². The molecular formula is C19H29N3O4S. The van der Waals surface area contributed by atoms with Crippen molar-refractivity contribution in [3.8, 4) is 0 Å². The minimum Gasteiger partial charge on any atom is -0.378 e. The van der Waals surface area contributed by atoms with E-state index in [1.165, 1.54) is 4.31 Å². The molecule has 3 rings (SSSR count). The first-order valence-corrected chi connectivity index (χ1v) is 11.4. The topological polar surface area (TPSA) is 70.2 Å². The highest BCUT2D eigenvalue weighted by molar-refractivity contribution is 7.92. The van der Waals surface area contributed by atoms with Crippen LogP contribution >= 0.6 is 0 Å². The highest BCUT2D eigenvalue weighted by Gasteiger charge is 2.29. The molecule has 1 unspecified atom stereocenters. The average molecular weight is 396 g/mol. The Morgan fingerprint density at radius 1 is 1.22 bits per heavy atom. The number of ether oxygens (including phenoxy) is 1. The number of nitrogens with zero attached hydrogens (tertiary/aromatic N) is 3. The van der Waals surface area contributed by atoms with Crippen LogP contribution in [0.25, 0.3) is 0 Å². The van der Waals surface area contributed by atoms with Crippen LogP contribution in [0.1, 0.15) is 19.8 Å². The summed E-state index contributed by atoms with van der Waals surface area (Å²) in [6, 6.07) is 7.39. The zero-order valence-electron chi connectivity index (χ0n) is 16.1. The van der Waals surface area contributed by atoms with Gasteiger partial charge in [0.2, 0.25) is 15.9 Å². The molecule has 2 aliphatic rings. The van der Waals surface area contributed by atoms with Crippen molar-refractivity contribution in [2.45, 2.75) is 19.8 Å². The maximum Gasteiger partial charge on any atom is 0.243 e. The maximum atomic E-state index is 12.8. The van der Waals surface area contributed by atoms with E-state index in [9.17, 15) is 13.2 Å². The highest BCUT2D eigenvalue weighted by Crippen LogP contribution is 2.31. The van der Waals surface area contributed by atoms with Crippen molar-refractivity contribution in [2.24, 2.45) is 5.92 Å².